The molecular weight excluding hydrogens is 232 g/mol. The second kappa shape index (κ2) is 5.09. The number of carbonyl (C=O) groups is 2. The van der Waals surface area contributed by atoms with Crippen LogP contribution in [-0.2, 0) is 4.79 Å². The molecule has 0 fully saturated rings. The molecule has 2 N–H and O–H groups in total. The molecule has 16 heavy (non-hydrogen) atoms. The predicted molar refractivity (Wildman–Crippen MR) is 58.7 cm³/mol. The van der Waals surface area contributed by atoms with E-state index in [0.29, 0.717) is 12.0 Å². The topological polar surface area (TPSA) is 74.6 Å². The van der Waals surface area contributed by atoms with E-state index in [2.05, 4.69) is 0 Å². The summed E-state index contributed by atoms with van der Waals surface area (Å²) in [6, 6.07) is 4.18. The Kier molecular flexibility index (Phi) is 4.04. The van der Waals surface area contributed by atoms with Crippen molar-refractivity contribution in [2.24, 2.45) is 0 Å². The van der Waals surface area contributed by atoms with Gasteiger partial charge in [-0.1, -0.05) is 30.7 Å². The Bertz CT molecular complexity index is 428. The fraction of sp³-hybridized carbons (Fsp3) is 0.273. The molecule has 0 aromatic heterocycles. The first kappa shape index (κ1) is 12.7. The molecule has 0 saturated heterocycles. The fourth-order valence-electron chi connectivity index (χ4n) is 1.26. The van der Waals surface area contributed by atoms with Crippen LogP contribution in [0.3, 0.4) is 0 Å². The average Bonchev–Trinajstić information content (AvgIpc) is 2.26. The van der Waals surface area contributed by atoms with Gasteiger partial charge >= 0.3 is 5.97 Å². The van der Waals surface area contributed by atoms with Crippen molar-refractivity contribution in [3.05, 3.63) is 34.3 Å². The van der Waals surface area contributed by atoms with Gasteiger partial charge in [0, 0.05) is 22.6 Å². The van der Waals surface area contributed by atoms with Gasteiger partial charge in [-0.25, -0.2) is 4.79 Å². The zero-order valence-electron chi connectivity index (χ0n) is 8.61. The van der Waals surface area contributed by atoms with Crippen LogP contribution in [0, 0.1) is 0 Å². The van der Waals surface area contributed by atoms with Gasteiger partial charge < -0.3 is 10.2 Å². The number of hydrogen-bond donors (Lipinski definition) is 2. The summed E-state index contributed by atoms with van der Waals surface area (Å²) in [6.07, 6.45) is -1.32. The summed E-state index contributed by atoms with van der Waals surface area (Å²) >= 11 is 5.79. The highest BCUT2D eigenvalue weighted by atomic mass is 35.5. The Balaban J connectivity index is 3.09. The number of carbonyl (C=O) groups excluding carboxylic acids is 1. The highest BCUT2D eigenvalue weighted by Crippen LogP contribution is 2.24. The lowest BCUT2D eigenvalue weighted by Gasteiger charge is -2.09. The third-order valence-corrected chi connectivity index (χ3v) is 2.50. The van der Waals surface area contributed by atoms with Crippen molar-refractivity contribution in [1.29, 1.82) is 0 Å². The second-order valence-corrected chi connectivity index (χ2v) is 3.66. The molecule has 0 heterocycles. The van der Waals surface area contributed by atoms with Crippen molar-refractivity contribution in [3.63, 3.8) is 0 Å². The zero-order chi connectivity index (χ0) is 12.3. The van der Waals surface area contributed by atoms with Gasteiger partial charge in [-0.3, -0.25) is 4.79 Å². The lowest BCUT2D eigenvalue weighted by atomic mass is 10.0. The predicted octanol–water partition coefficient (Wildman–Crippen LogP) is 2.05. The summed E-state index contributed by atoms with van der Waals surface area (Å²) in [6.45, 7) is 1.72. The summed E-state index contributed by atoms with van der Waals surface area (Å²) in [5.74, 6) is -1.46. The normalized spacial score (nSPS) is 12.2. The van der Waals surface area contributed by atoms with E-state index in [4.69, 9.17) is 16.7 Å². The SMILES string of the molecule is CCC(=O)c1ccc(C(O)C(=O)O)c(Cl)c1. The van der Waals surface area contributed by atoms with E-state index in [1.807, 2.05) is 0 Å². The van der Waals surface area contributed by atoms with Gasteiger partial charge in [0.25, 0.3) is 0 Å². The number of ketones is 1. The lowest BCUT2D eigenvalue weighted by molar-refractivity contribution is -0.146. The molecule has 86 valence electrons. The van der Waals surface area contributed by atoms with Crippen LogP contribution in [0.25, 0.3) is 0 Å². The van der Waals surface area contributed by atoms with Crippen LogP contribution in [0.15, 0.2) is 18.2 Å². The molecule has 0 bridgehead atoms. The molecule has 0 radical (unpaired) electrons. The van der Waals surface area contributed by atoms with Crippen LogP contribution in [0.1, 0.15) is 35.4 Å². The van der Waals surface area contributed by atoms with E-state index in [0.717, 1.165) is 0 Å². The number of aliphatic hydroxyl groups excluding tert-OH is 1. The molecule has 1 unspecified atom stereocenters. The molecule has 0 amide bonds. The van der Waals surface area contributed by atoms with E-state index >= 15 is 0 Å². The third-order valence-electron chi connectivity index (χ3n) is 2.17. The summed E-state index contributed by atoms with van der Waals surface area (Å²) in [4.78, 5) is 21.9. The molecule has 0 aliphatic heterocycles. The van der Waals surface area contributed by atoms with E-state index in [1.165, 1.54) is 18.2 Å². The first-order chi connectivity index (χ1) is 7.47. The van der Waals surface area contributed by atoms with E-state index in [9.17, 15) is 14.7 Å². The van der Waals surface area contributed by atoms with Gasteiger partial charge in [0.15, 0.2) is 11.9 Å². The van der Waals surface area contributed by atoms with Crippen molar-refractivity contribution in [3.8, 4) is 0 Å². The van der Waals surface area contributed by atoms with Crippen LogP contribution in [0.5, 0.6) is 0 Å². The van der Waals surface area contributed by atoms with E-state index in [1.54, 1.807) is 6.92 Å². The third kappa shape index (κ3) is 2.59. The van der Waals surface area contributed by atoms with Crippen LogP contribution >= 0.6 is 11.6 Å². The van der Waals surface area contributed by atoms with Crippen molar-refractivity contribution in [2.45, 2.75) is 19.4 Å². The number of Topliss-reactive ketones (excluding diaryl/α,β-unsaturated/α-hetero) is 1. The maximum absolute atomic E-state index is 11.3. The maximum atomic E-state index is 11.3. The molecule has 5 heteroatoms. The van der Waals surface area contributed by atoms with Crippen LogP contribution in [-0.4, -0.2) is 22.0 Å². The Morgan fingerprint density at radius 3 is 2.50 bits per heavy atom. The number of aliphatic hydroxyl groups is 1. The molecule has 0 aliphatic carbocycles. The van der Waals surface area contributed by atoms with Crippen LogP contribution in [0.4, 0.5) is 0 Å². The van der Waals surface area contributed by atoms with Crippen molar-refractivity contribution in [1.82, 2.24) is 0 Å². The molecule has 0 aliphatic rings. The number of benzene rings is 1. The quantitative estimate of drug-likeness (QED) is 0.793. The minimum absolute atomic E-state index is 0.0780. The fourth-order valence-corrected chi connectivity index (χ4v) is 1.54. The van der Waals surface area contributed by atoms with E-state index in [-0.39, 0.29) is 16.4 Å². The number of halogens is 1. The highest BCUT2D eigenvalue weighted by molar-refractivity contribution is 6.32. The lowest BCUT2D eigenvalue weighted by Crippen LogP contribution is -2.11. The molecule has 0 spiro atoms. The Labute approximate surface area is 97.5 Å². The summed E-state index contributed by atoms with van der Waals surface area (Å²) in [7, 11) is 0. The minimum atomic E-state index is -1.67. The Morgan fingerprint density at radius 2 is 2.06 bits per heavy atom. The molecule has 0 saturated carbocycles. The largest absolute Gasteiger partial charge is 0.479 e. The maximum Gasteiger partial charge on any atom is 0.337 e. The summed E-state index contributed by atoms with van der Waals surface area (Å²) in [5, 5.41) is 18.0. The van der Waals surface area contributed by atoms with Gasteiger partial charge in [0.05, 0.1) is 0 Å². The molecular formula is C11H11ClO4. The molecule has 1 aromatic rings. The van der Waals surface area contributed by atoms with Crippen molar-refractivity contribution in [2.75, 3.05) is 0 Å². The molecule has 1 atom stereocenters. The smallest absolute Gasteiger partial charge is 0.337 e. The number of carboxylic acid groups (broad SMARTS) is 1. The van der Waals surface area contributed by atoms with E-state index < -0.39 is 12.1 Å². The van der Waals surface area contributed by atoms with Crippen LogP contribution < -0.4 is 0 Å². The number of carboxylic acids is 1. The Hall–Kier alpha value is -1.39. The van der Waals surface area contributed by atoms with Crippen molar-refractivity contribution >= 4 is 23.4 Å². The Morgan fingerprint density at radius 1 is 1.44 bits per heavy atom. The minimum Gasteiger partial charge on any atom is -0.479 e. The van der Waals surface area contributed by atoms with Gasteiger partial charge in [-0.2, -0.15) is 0 Å². The standard InChI is InChI=1S/C11H11ClO4/c1-2-9(13)6-3-4-7(8(12)5-6)10(14)11(15)16/h3-5,10,14H,2H2,1H3,(H,15,16). The number of hydrogen-bond acceptors (Lipinski definition) is 3. The number of rotatable bonds is 4. The average molecular weight is 243 g/mol. The highest BCUT2D eigenvalue weighted by Gasteiger charge is 2.19. The molecule has 1 rings (SSSR count). The van der Waals surface area contributed by atoms with Gasteiger partial charge in [0.1, 0.15) is 0 Å². The monoisotopic (exact) mass is 242 g/mol. The molecule has 1 aromatic carbocycles. The van der Waals surface area contributed by atoms with Gasteiger partial charge in [-0.15, -0.1) is 0 Å². The van der Waals surface area contributed by atoms with Gasteiger partial charge in [0.2, 0.25) is 0 Å². The molecule has 4 nitrogen and oxygen atoms in total. The van der Waals surface area contributed by atoms with Crippen LogP contribution in [0.2, 0.25) is 5.02 Å². The van der Waals surface area contributed by atoms with Gasteiger partial charge in [-0.05, 0) is 6.07 Å². The zero-order valence-corrected chi connectivity index (χ0v) is 9.36. The van der Waals surface area contributed by atoms with Crippen molar-refractivity contribution < 1.29 is 19.8 Å². The second-order valence-electron chi connectivity index (χ2n) is 3.25. The summed E-state index contributed by atoms with van der Waals surface area (Å²) < 4.78 is 0. The first-order valence-corrected chi connectivity index (χ1v) is 5.08. The number of aliphatic carboxylic acids is 1. The summed E-state index contributed by atoms with van der Waals surface area (Å²) in [5.41, 5.74) is 0.496. The first-order valence-electron chi connectivity index (χ1n) is 4.71.